The molecule has 0 amide bonds. The topological polar surface area (TPSA) is 29.5 Å². The van der Waals surface area contributed by atoms with Crippen molar-refractivity contribution in [2.75, 3.05) is 0 Å². The quantitative estimate of drug-likeness (QED) is 0.886. The van der Waals surface area contributed by atoms with Crippen LogP contribution in [-0.4, -0.2) is 11.2 Å². The lowest BCUT2D eigenvalue weighted by atomic mass is 9.93. The second-order valence-electron chi connectivity index (χ2n) is 4.83. The van der Waals surface area contributed by atoms with Crippen LogP contribution in [0.5, 0.6) is 5.75 Å². The molecule has 0 spiro atoms. The van der Waals surface area contributed by atoms with E-state index in [1.165, 1.54) is 5.56 Å². The van der Waals surface area contributed by atoms with E-state index in [-0.39, 0.29) is 6.10 Å². The lowest BCUT2D eigenvalue weighted by molar-refractivity contribution is 0.0623. The highest BCUT2D eigenvalue weighted by atomic mass is 16.5. The van der Waals surface area contributed by atoms with Crippen molar-refractivity contribution >= 4 is 6.08 Å². The van der Waals surface area contributed by atoms with E-state index in [1.54, 1.807) is 0 Å². The van der Waals surface area contributed by atoms with Crippen molar-refractivity contribution in [1.29, 1.82) is 0 Å². The molecular formula is C17H16O2. The Morgan fingerprint density at radius 2 is 1.74 bits per heavy atom. The van der Waals surface area contributed by atoms with Crippen molar-refractivity contribution in [2.45, 2.75) is 19.1 Å². The molecular weight excluding hydrogens is 236 g/mol. The van der Waals surface area contributed by atoms with Gasteiger partial charge in [-0.15, -0.1) is 0 Å². The smallest absolute Gasteiger partial charge is 0.147 e. The van der Waals surface area contributed by atoms with Crippen molar-refractivity contribution in [3.63, 3.8) is 0 Å². The third-order valence-corrected chi connectivity index (χ3v) is 3.38. The van der Waals surface area contributed by atoms with Gasteiger partial charge in [-0.1, -0.05) is 48.0 Å². The van der Waals surface area contributed by atoms with E-state index in [0.29, 0.717) is 0 Å². The number of aliphatic hydroxyl groups is 1. The van der Waals surface area contributed by atoms with E-state index in [4.69, 9.17) is 4.74 Å². The average Bonchev–Trinajstić information content (AvgIpc) is 2.45. The zero-order chi connectivity index (χ0) is 13.2. The maximum absolute atomic E-state index is 10.4. The molecule has 19 heavy (non-hydrogen) atoms. The molecule has 3 rings (SSSR count). The van der Waals surface area contributed by atoms with E-state index in [2.05, 4.69) is 0 Å². The lowest BCUT2D eigenvalue weighted by Crippen LogP contribution is -2.25. The van der Waals surface area contributed by atoms with Gasteiger partial charge in [0.05, 0.1) is 0 Å². The first kappa shape index (κ1) is 12.0. The molecule has 0 fully saturated rings. The summed E-state index contributed by atoms with van der Waals surface area (Å²) < 4.78 is 5.84. The van der Waals surface area contributed by atoms with Crippen LogP contribution in [0, 0.1) is 6.92 Å². The molecule has 1 aliphatic carbocycles. The predicted molar refractivity (Wildman–Crippen MR) is 76.0 cm³/mol. The van der Waals surface area contributed by atoms with Crippen LogP contribution in [-0.2, 0) is 0 Å². The van der Waals surface area contributed by atoms with Crippen LogP contribution in [0.1, 0.15) is 22.8 Å². The molecule has 96 valence electrons. The molecule has 0 saturated carbocycles. The minimum atomic E-state index is -0.623. The van der Waals surface area contributed by atoms with E-state index in [9.17, 15) is 5.11 Å². The zero-order valence-electron chi connectivity index (χ0n) is 10.8. The van der Waals surface area contributed by atoms with E-state index in [1.807, 2.05) is 67.6 Å². The highest BCUT2D eigenvalue weighted by Gasteiger charge is 2.25. The van der Waals surface area contributed by atoms with Crippen molar-refractivity contribution in [3.8, 4) is 5.75 Å². The first-order valence-electron chi connectivity index (χ1n) is 6.42. The highest BCUT2D eigenvalue weighted by Crippen LogP contribution is 2.30. The van der Waals surface area contributed by atoms with Crippen molar-refractivity contribution in [1.82, 2.24) is 0 Å². The monoisotopic (exact) mass is 252 g/mol. The molecule has 0 aromatic heterocycles. The molecule has 2 aromatic carbocycles. The molecule has 1 aliphatic rings. The van der Waals surface area contributed by atoms with Gasteiger partial charge in [0.2, 0.25) is 0 Å². The highest BCUT2D eigenvalue weighted by molar-refractivity contribution is 5.58. The number of fused-ring (bicyclic) bond motifs is 1. The fourth-order valence-electron chi connectivity index (χ4n) is 2.29. The Morgan fingerprint density at radius 1 is 1.00 bits per heavy atom. The third kappa shape index (κ3) is 2.40. The standard InChI is InChI=1S/C17H16O2/c1-12-6-9-14(10-7-12)19-16-11-8-13-4-2-3-5-15(13)17(16)18/h2-11,16-18H,1H3/t16-,17+/m1/s1. The van der Waals surface area contributed by atoms with Gasteiger partial charge < -0.3 is 9.84 Å². The van der Waals surface area contributed by atoms with Gasteiger partial charge in [0.1, 0.15) is 18.0 Å². The summed E-state index contributed by atoms with van der Waals surface area (Å²) >= 11 is 0. The first-order valence-corrected chi connectivity index (χ1v) is 6.42. The largest absolute Gasteiger partial charge is 0.483 e. The van der Waals surface area contributed by atoms with Gasteiger partial charge in [0.25, 0.3) is 0 Å². The maximum atomic E-state index is 10.4. The first-order chi connectivity index (χ1) is 9.24. The number of hydrogen-bond donors (Lipinski definition) is 1. The number of benzene rings is 2. The van der Waals surface area contributed by atoms with E-state index < -0.39 is 6.10 Å². The third-order valence-electron chi connectivity index (χ3n) is 3.38. The van der Waals surface area contributed by atoms with Crippen LogP contribution >= 0.6 is 0 Å². The Labute approximate surface area is 113 Å². The summed E-state index contributed by atoms with van der Waals surface area (Å²) in [6.45, 7) is 2.04. The van der Waals surface area contributed by atoms with Crippen molar-refractivity contribution < 1.29 is 9.84 Å². The number of aliphatic hydroxyl groups excluding tert-OH is 1. The number of aryl methyl sites for hydroxylation is 1. The molecule has 0 heterocycles. The Hall–Kier alpha value is -2.06. The minimum absolute atomic E-state index is 0.336. The van der Waals surface area contributed by atoms with E-state index >= 15 is 0 Å². The van der Waals surface area contributed by atoms with Crippen LogP contribution in [0.4, 0.5) is 0 Å². The summed E-state index contributed by atoms with van der Waals surface area (Å²) in [5.41, 5.74) is 3.17. The molecule has 2 heteroatoms. The van der Waals surface area contributed by atoms with Crippen LogP contribution in [0.25, 0.3) is 6.08 Å². The van der Waals surface area contributed by atoms with E-state index in [0.717, 1.165) is 16.9 Å². The Balaban J connectivity index is 1.83. The summed E-state index contributed by atoms with van der Waals surface area (Å²) in [5.74, 6) is 0.777. The fraction of sp³-hybridized carbons (Fsp3) is 0.176. The number of ether oxygens (including phenoxy) is 1. The van der Waals surface area contributed by atoms with Gasteiger partial charge >= 0.3 is 0 Å². The molecule has 0 aliphatic heterocycles. The van der Waals surface area contributed by atoms with Crippen LogP contribution in [0.15, 0.2) is 54.6 Å². The summed E-state index contributed by atoms with van der Waals surface area (Å²) in [6, 6.07) is 15.7. The second-order valence-corrected chi connectivity index (χ2v) is 4.83. The molecule has 0 radical (unpaired) electrons. The zero-order valence-corrected chi connectivity index (χ0v) is 10.8. The average molecular weight is 252 g/mol. The van der Waals surface area contributed by atoms with Gasteiger partial charge in [-0.25, -0.2) is 0 Å². The molecule has 2 atom stereocenters. The fourth-order valence-corrected chi connectivity index (χ4v) is 2.29. The number of hydrogen-bond acceptors (Lipinski definition) is 2. The van der Waals surface area contributed by atoms with Gasteiger partial charge in [0, 0.05) is 0 Å². The molecule has 2 aromatic rings. The second kappa shape index (κ2) is 4.90. The SMILES string of the molecule is Cc1ccc(O[C@@H]2C=Cc3ccccc3[C@@H]2O)cc1. The van der Waals surface area contributed by atoms with Gasteiger partial charge in [0.15, 0.2) is 0 Å². The molecule has 0 unspecified atom stereocenters. The Morgan fingerprint density at radius 3 is 2.53 bits per heavy atom. The number of rotatable bonds is 2. The molecule has 2 nitrogen and oxygen atoms in total. The lowest BCUT2D eigenvalue weighted by Gasteiger charge is -2.26. The molecule has 0 saturated heterocycles. The van der Waals surface area contributed by atoms with Crippen molar-refractivity contribution in [3.05, 3.63) is 71.3 Å². The van der Waals surface area contributed by atoms with Gasteiger partial charge in [-0.2, -0.15) is 0 Å². The summed E-state index contributed by atoms with van der Waals surface area (Å²) in [6.07, 6.45) is 2.95. The Kier molecular flexibility index (Phi) is 3.10. The molecule has 0 bridgehead atoms. The van der Waals surface area contributed by atoms with Gasteiger partial charge in [-0.3, -0.25) is 0 Å². The Bertz CT molecular complexity index is 599. The summed E-state index contributed by atoms with van der Waals surface area (Å²) in [4.78, 5) is 0. The predicted octanol–water partition coefficient (Wildman–Crippen LogP) is 3.50. The maximum Gasteiger partial charge on any atom is 0.147 e. The van der Waals surface area contributed by atoms with Gasteiger partial charge in [-0.05, 0) is 36.3 Å². The van der Waals surface area contributed by atoms with Crippen molar-refractivity contribution in [2.24, 2.45) is 0 Å². The molecule has 1 N–H and O–H groups in total. The van der Waals surface area contributed by atoms with Crippen LogP contribution in [0.2, 0.25) is 0 Å². The van der Waals surface area contributed by atoms with Crippen LogP contribution in [0.3, 0.4) is 0 Å². The summed E-state index contributed by atoms with van der Waals surface area (Å²) in [7, 11) is 0. The normalized spacial score (nSPS) is 20.9. The minimum Gasteiger partial charge on any atom is -0.483 e. The summed E-state index contributed by atoms with van der Waals surface area (Å²) in [5, 5.41) is 10.4. The van der Waals surface area contributed by atoms with Crippen LogP contribution < -0.4 is 4.74 Å².